The third-order valence-corrected chi connectivity index (χ3v) is 5.11. The van der Waals surface area contributed by atoms with E-state index in [9.17, 15) is 18.0 Å². The second-order valence-corrected chi connectivity index (χ2v) is 7.19. The molecule has 9 heteroatoms. The lowest BCUT2D eigenvalue weighted by atomic mass is 10.2. The summed E-state index contributed by atoms with van der Waals surface area (Å²) in [6.45, 7) is 0. The van der Waals surface area contributed by atoms with Crippen molar-refractivity contribution < 1.29 is 18.0 Å². The molecule has 1 N–H and O–H groups in total. The summed E-state index contributed by atoms with van der Waals surface area (Å²) in [5, 5.41) is 2.87. The zero-order valence-corrected chi connectivity index (χ0v) is 15.5. The zero-order valence-electron chi connectivity index (χ0n) is 12.5. The lowest BCUT2D eigenvalue weighted by molar-refractivity contribution is -0.137. The number of amides is 1. The Kier molecular flexibility index (Phi) is 6.91. The largest absolute Gasteiger partial charge is 0.417 e. The van der Waals surface area contributed by atoms with Gasteiger partial charge in [-0.05, 0) is 35.9 Å². The van der Waals surface area contributed by atoms with Crippen molar-refractivity contribution in [3.63, 3.8) is 0 Å². The molecule has 0 heterocycles. The number of hydrogen-bond donors (Lipinski definition) is 1. The van der Waals surface area contributed by atoms with Gasteiger partial charge in [0.2, 0.25) is 5.91 Å². The Hall–Kier alpha value is -1.08. The molecule has 2 nitrogen and oxygen atoms in total. The molecule has 0 atom stereocenters. The number of halogens is 6. The second-order valence-electron chi connectivity index (χ2n) is 4.98. The van der Waals surface area contributed by atoms with Crippen molar-refractivity contribution in [3.05, 3.63) is 62.6 Å². The molecule has 0 bridgehead atoms. The van der Waals surface area contributed by atoms with Gasteiger partial charge in [-0.25, -0.2) is 0 Å². The predicted molar refractivity (Wildman–Crippen MR) is 97.7 cm³/mol. The van der Waals surface area contributed by atoms with Gasteiger partial charge in [0.15, 0.2) is 0 Å². The van der Waals surface area contributed by atoms with Crippen LogP contribution in [0, 0.1) is 0 Å². The summed E-state index contributed by atoms with van der Waals surface area (Å²) in [4.78, 5) is 11.9. The van der Waals surface area contributed by atoms with E-state index < -0.39 is 22.7 Å². The van der Waals surface area contributed by atoms with Crippen LogP contribution in [0.1, 0.15) is 11.1 Å². The van der Waals surface area contributed by atoms with E-state index in [4.69, 9.17) is 34.8 Å². The molecule has 2 aromatic carbocycles. The van der Waals surface area contributed by atoms with E-state index in [1.54, 1.807) is 18.2 Å². The minimum atomic E-state index is -4.58. The number of rotatable bonds is 5. The number of hydrogen-bond acceptors (Lipinski definition) is 2. The third-order valence-electron chi connectivity index (χ3n) is 3.04. The molecule has 0 unspecified atom stereocenters. The van der Waals surface area contributed by atoms with Gasteiger partial charge in [-0.1, -0.05) is 40.9 Å². The molecular formula is C16H11Cl3F3NOS. The molecule has 0 radical (unpaired) electrons. The summed E-state index contributed by atoms with van der Waals surface area (Å²) in [7, 11) is 0. The Bertz CT molecular complexity index is 784. The molecule has 0 saturated carbocycles. The van der Waals surface area contributed by atoms with E-state index >= 15 is 0 Å². The number of thioether (sulfide) groups is 1. The minimum Gasteiger partial charge on any atom is -0.325 e. The number of carbonyl (C=O) groups excluding carboxylic acids is 1. The highest BCUT2D eigenvalue weighted by atomic mass is 35.5. The predicted octanol–water partition coefficient (Wildman–Crippen LogP) is 6.54. The average Bonchev–Trinajstić information content (AvgIpc) is 2.51. The van der Waals surface area contributed by atoms with E-state index in [1.807, 2.05) is 0 Å². The fraction of sp³-hybridized carbons (Fsp3) is 0.188. The highest BCUT2D eigenvalue weighted by Crippen LogP contribution is 2.36. The molecule has 0 aliphatic carbocycles. The molecule has 0 fully saturated rings. The van der Waals surface area contributed by atoms with Crippen LogP contribution in [0.3, 0.4) is 0 Å². The summed E-state index contributed by atoms with van der Waals surface area (Å²) in [6, 6.07) is 8.37. The monoisotopic (exact) mass is 427 g/mol. The Morgan fingerprint density at radius 1 is 1.00 bits per heavy atom. The van der Waals surface area contributed by atoms with E-state index in [2.05, 4.69) is 5.32 Å². The second kappa shape index (κ2) is 8.54. The number of alkyl halides is 3. The summed E-state index contributed by atoms with van der Waals surface area (Å²) < 4.78 is 38.4. The zero-order chi connectivity index (χ0) is 18.6. The minimum absolute atomic E-state index is 0.0388. The molecule has 0 saturated heterocycles. The molecule has 0 aliphatic rings. The van der Waals surface area contributed by atoms with Gasteiger partial charge in [-0.2, -0.15) is 13.2 Å². The maximum absolute atomic E-state index is 12.8. The highest BCUT2D eigenvalue weighted by Gasteiger charge is 2.33. The van der Waals surface area contributed by atoms with E-state index in [1.165, 1.54) is 17.8 Å². The molecule has 1 amide bonds. The first-order valence-corrected chi connectivity index (χ1v) is 9.14. The average molecular weight is 429 g/mol. The topological polar surface area (TPSA) is 29.1 Å². The molecule has 0 aromatic heterocycles. The van der Waals surface area contributed by atoms with Crippen LogP contribution in [0.2, 0.25) is 15.1 Å². The highest BCUT2D eigenvalue weighted by molar-refractivity contribution is 7.99. The van der Waals surface area contributed by atoms with E-state index in [-0.39, 0.29) is 11.4 Å². The van der Waals surface area contributed by atoms with Gasteiger partial charge in [0.1, 0.15) is 0 Å². The molecule has 25 heavy (non-hydrogen) atoms. The van der Waals surface area contributed by atoms with Crippen molar-refractivity contribution in [1.29, 1.82) is 0 Å². The Morgan fingerprint density at radius 3 is 2.32 bits per heavy atom. The lowest BCUT2D eigenvalue weighted by Gasteiger charge is -2.11. The van der Waals surface area contributed by atoms with Crippen LogP contribution in [0.4, 0.5) is 18.9 Å². The first kappa shape index (κ1) is 20.2. The third kappa shape index (κ3) is 5.99. The van der Waals surface area contributed by atoms with Gasteiger partial charge in [-0.15, -0.1) is 11.8 Å². The fourth-order valence-corrected chi connectivity index (χ4v) is 3.23. The number of anilines is 1. The SMILES string of the molecule is O=C(CSCc1ccc(Cl)c(Cl)c1)Nc1ccc(Cl)c(C(F)(F)F)c1. The first-order valence-electron chi connectivity index (χ1n) is 6.85. The van der Waals surface area contributed by atoms with Crippen LogP contribution in [0.25, 0.3) is 0 Å². The van der Waals surface area contributed by atoms with Crippen molar-refractivity contribution in [2.24, 2.45) is 0 Å². The van der Waals surface area contributed by atoms with Crippen LogP contribution in [0.5, 0.6) is 0 Å². The quantitative estimate of drug-likeness (QED) is 0.586. The van der Waals surface area contributed by atoms with Crippen molar-refractivity contribution in [2.75, 3.05) is 11.1 Å². The van der Waals surface area contributed by atoms with Crippen LogP contribution < -0.4 is 5.32 Å². The Balaban J connectivity index is 1.91. The van der Waals surface area contributed by atoms with Gasteiger partial charge >= 0.3 is 6.18 Å². The van der Waals surface area contributed by atoms with Crippen molar-refractivity contribution >= 4 is 58.2 Å². The van der Waals surface area contributed by atoms with Gasteiger partial charge in [0, 0.05) is 11.4 Å². The smallest absolute Gasteiger partial charge is 0.325 e. The Labute approximate surface area is 161 Å². The number of carbonyl (C=O) groups is 1. The standard InChI is InChI=1S/C16H11Cl3F3NOS/c17-12-4-2-10(6-11(12)16(20,21)22)23-15(24)8-25-7-9-1-3-13(18)14(19)5-9/h1-6H,7-8H2,(H,23,24). The normalized spacial score (nSPS) is 11.4. The first-order chi connectivity index (χ1) is 11.7. The summed E-state index contributed by atoms with van der Waals surface area (Å²) in [6.07, 6.45) is -4.58. The van der Waals surface area contributed by atoms with Crippen molar-refractivity contribution in [3.8, 4) is 0 Å². The van der Waals surface area contributed by atoms with Crippen LogP contribution in [-0.2, 0) is 16.7 Å². The van der Waals surface area contributed by atoms with Crippen LogP contribution in [-0.4, -0.2) is 11.7 Å². The molecule has 2 aromatic rings. The molecule has 134 valence electrons. The van der Waals surface area contributed by atoms with E-state index in [0.29, 0.717) is 15.8 Å². The molecule has 0 aliphatic heterocycles. The van der Waals surface area contributed by atoms with Gasteiger partial charge in [-0.3, -0.25) is 4.79 Å². The van der Waals surface area contributed by atoms with Crippen LogP contribution >= 0.6 is 46.6 Å². The summed E-state index contributed by atoms with van der Waals surface area (Å²) in [5.74, 6) is 0.170. The lowest BCUT2D eigenvalue weighted by Crippen LogP contribution is -2.15. The number of nitrogens with one attached hydrogen (secondary N) is 1. The maximum atomic E-state index is 12.8. The van der Waals surface area contributed by atoms with Crippen LogP contribution in [0.15, 0.2) is 36.4 Å². The van der Waals surface area contributed by atoms with Crippen molar-refractivity contribution in [1.82, 2.24) is 0 Å². The van der Waals surface area contributed by atoms with Gasteiger partial charge in [0.05, 0.1) is 26.4 Å². The summed E-state index contributed by atoms with van der Waals surface area (Å²) >= 11 is 18.6. The molecule has 0 spiro atoms. The fourth-order valence-electron chi connectivity index (χ4n) is 1.91. The molecule has 2 rings (SSSR count). The van der Waals surface area contributed by atoms with Gasteiger partial charge < -0.3 is 5.32 Å². The Morgan fingerprint density at radius 2 is 1.68 bits per heavy atom. The van der Waals surface area contributed by atoms with Crippen molar-refractivity contribution in [2.45, 2.75) is 11.9 Å². The summed E-state index contributed by atoms with van der Waals surface area (Å²) in [5.41, 5.74) is -0.0645. The molecular weight excluding hydrogens is 418 g/mol. The van der Waals surface area contributed by atoms with E-state index in [0.717, 1.165) is 17.7 Å². The number of benzene rings is 2. The van der Waals surface area contributed by atoms with Gasteiger partial charge in [0.25, 0.3) is 0 Å². The maximum Gasteiger partial charge on any atom is 0.417 e.